The molecular weight excluding hydrogens is 333 g/mol. The van der Waals surface area contributed by atoms with Crippen molar-refractivity contribution in [1.82, 2.24) is 5.32 Å². The standard InChI is InChI=1S/C14H17Cl2NO3S/c1-9-5-7-10(8-6-9)21(19,20)12(11(15)16)17-13(18)14(2,3)4/h5-8H,1-4H3,(H,17,18). The molecule has 1 N–H and O–H groups in total. The Balaban J connectivity index is 3.27. The molecule has 116 valence electrons. The van der Waals surface area contributed by atoms with Crippen LogP contribution in [0.1, 0.15) is 26.3 Å². The third-order valence-electron chi connectivity index (χ3n) is 2.68. The van der Waals surface area contributed by atoms with Gasteiger partial charge in [0, 0.05) is 5.41 Å². The first-order chi connectivity index (χ1) is 9.46. The highest BCUT2D eigenvalue weighted by molar-refractivity contribution is 7.95. The van der Waals surface area contributed by atoms with Gasteiger partial charge < -0.3 is 5.32 Å². The molecule has 0 saturated heterocycles. The lowest BCUT2D eigenvalue weighted by Crippen LogP contribution is -2.36. The summed E-state index contributed by atoms with van der Waals surface area (Å²) in [4.78, 5) is 12.0. The molecule has 0 fully saturated rings. The Morgan fingerprint density at radius 3 is 1.95 bits per heavy atom. The van der Waals surface area contributed by atoms with Crippen LogP contribution in [-0.4, -0.2) is 14.3 Å². The Morgan fingerprint density at radius 1 is 1.10 bits per heavy atom. The Hall–Kier alpha value is -1.04. The minimum Gasteiger partial charge on any atom is -0.314 e. The average molecular weight is 350 g/mol. The van der Waals surface area contributed by atoms with E-state index in [1.807, 2.05) is 6.92 Å². The fraction of sp³-hybridized carbons (Fsp3) is 0.357. The maximum Gasteiger partial charge on any atom is 0.230 e. The van der Waals surface area contributed by atoms with Crippen molar-refractivity contribution in [2.24, 2.45) is 5.41 Å². The van der Waals surface area contributed by atoms with E-state index in [0.717, 1.165) is 5.56 Å². The lowest BCUT2D eigenvalue weighted by atomic mass is 9.96. The summed E-state index contributed by atoms with van der Waals surface area (Å²) in [6, 6.07) is 6.17. The van der Waals surface area contributed by atoms with Crippen LogP contribution >= 0.6 is 23.2 Å². The summed E-state index contributed by atoms with van der Waals surface area (Å²) in [5.74, 6) is -0.494. The highest BCUT2D eigenvalue weighted by atomic mass is 35.5. The highest BCUT2D eigenvalue weighted by Gasteiger charge is 2.30. The van der Waals surface area contributed by atoms with Crippen molar-refractivity contribution in [2.75, 3.05) is 0 Å². The number of rotatable bonds is 3. The van der Waals surface area contributed by atoms with Crippen LogP contribution < -0.4 is 5.32 Å². The largest absolute Gasteiger partial charge is 0.314 e. The minimum absolute atomic E-state index is 0.0103. The van der Waals surface area contributed by atoms with Gasteiger partial charge in [0.15, 0.2) is 5.03 Å². The summed E-state index contributed by atoms with van der Waals surface area (Å²) >= 11 is 11.3. The lowest BCUT2D eigenvalue weighted by molar-refractivity contribution is -0.127. The third-order valence-corrected chi connectivity index (χ3v) is 5.02. The van der Waals surface area contributed by atoms with E-state index in [1.165, 1.54) is 12.1 Å². The van der Waals surface area contributed by atoms with Gasteiger partial charge in [0.25, 0.3) is 0 Å². The Morgan fingerprint density at radius 2 is 1.57 bits per heavy atom. The van der Waals surface area contributed by atoms with Gasteiger partial charge in [-0.25, -0.2) is 8.42 Å². The Bertz CT molecular complexity index is 667. The van der Waals surface area contributed by atoms with Gasteiger partial charge in [-0.15, -0.1) is 0 Å². The van der Waals surface area contributed by atoms with Crippen LogP contribution in [0.2, 0.25) is 0 Å². The first-order valence-electron chi connectivity index (χ1n) is 6.15. The van der Waals surface area contributed by atoms with Crippen molar-refractivity contribution < 1.29 is 13.2 Å². The molecule has 21 heavy (non-hydrogen) atoms. The van der Waals surface area contributed by atoms with E-state index >= 15 is 0 Å². The van der Waals surface area contributed by atoms with E-state index in [9.17, 15) is 13.2 Å². The highest BCUT2D eigenvalue weighted by Crippen LogP contribution is 2.26. The minimum atomic E-state index is -3.99. The summed E-state index contributed by atoms with van der Waals surface area (Å²) in [7, 11) is -3.99. The smallest absolute Gasteiger partial charge is 0.230 e. The van der Waals surface area contributed by atoms with Gasteiger partial charge in [0.2, 0.25) is 15.7 Å². The van der Waals surface area contributed by atoms with Gasteiger partial charge in [-0.3, -0.25) is 4.79 Å². The van der Waals surface area contributed by atoms with Gasteiger partial charge in [-0.2, -0.15) is 0 Å². The molecule has 0 radical (unpaired) electrons. The maximum atomic E-state index is 12.5. The van der Waals surface area contributed by atoms with Crippen LogP contribution in [0.4, 0.5) is 0 Å². The molecule has 0 aliphatic heterocycles. The molecule has 0 aliphatic carbocycles. The zero-order valence-electron chi connectivity index (χ0n) is 12.2. The number of sulfone groups is 1. The molecule has 0 spiro atoms. The second kappa shape index (κ2) is 6.38. The van der Waals surface area contributed by atoms with Gasteiger partial charge in [-0.1, -0.05) is 61.7 Å². The Kier molecular flexibility index (Phi) is 5.47. The molecule has 1 aromatic rings. The van der Waals surface area contributed by atoms with Gasteiger partial charge >= 0.3 is 0 Å². The number of halogens is 2. The van der Waals surface area contributed by atoms with Crippen molar-refractivity contribution >= 4 is 38.9 Å². The Labute approximate surface area is 135 Å². The van der Waals surface area contributed by atoms with Crippen LogP contribution in [0.3, 0.4) is 0 Å². The molecule has 1 rings (SSSR count). The number of carbonyl (C=O) groups excluding carboxylic acids is 1. The van der Waals surface area contributed by atoms with Crippen molar-refractivity contribution in [2.45, 2.75) is 32.6 Å². The third kappa shape index (κ3) is 4.46. The van der Waals surface area contributed by atoms with Crippen molar-refractivity contribution in [3.63, 3.8) is 0 Å². The van der Waals surface area contributed by atoms with Crippen LogP contribution in [-0.2, 0) is 14.6 Å². The monoisotopic (exact) mass is 349 g/mol. The normalized spacial score (nSPS) is 11.9. The van der Waals surface area contributed by atoms with E-state index in [2.05, 4.69) is 5.32 Å². The molecular formula is C14H17Cl2NO3S. The molecule has 0 heterocycles. The zero-order chi connectivity index (χ0) is 16.4. The number of amides is 1. The molecule has 0 unspecified atom stereocenters. The quantitative estimate of drug-likeness (QED) is 0.907. The van der Waals surface area contributed by atoms with Gasteiger partial charge in [0.05, 0.1) is 4.90 Å². The van der Waals surface area contributed by atoms with Crippen molar-refractivity contribution in [3.8, 4) is 0 Å². The number of nitrogens with one attached hydrogen (secondary N) is 1. The first kappa shape index (κ1) is 18.0. The van der Waals surface area contributed by atoms with Crippen LogP contribution in [0.15, 0.2) is 38.7 Å². The molecule has 1 amide bonds. The predicted octanol–water partition coefficient (Wildman–Crippen LogP) is 3.54. The fourth-order valence-corrected chi connectivity index (χ4v) is 3.21. The number of hydrogen-bond acceptors (Lipinski definition) is 3. The summed E-state index contributed by atoms with van der Waals surface area (Å²) in [6.07, 6.45) is 0. The van der Waals surface area contributed by atoms with E-state index in [1.54, 1.807) is 32.9 Å². The topological polar surface area (TPSA) is 63.2 Å². The van der Waals surface area contributed by atoms with Crippen molar-refractivity contribution in [3.05, 3.63) is 39.3 Å². The lowest BCUT2D eigenvalue weighted by Gasteiger charge is -2.19. The SMILES string of the molecule is Cc1ccc(S(=O)(=O)C(NC(=O)C(C)(C)C)=C(Cl)Cl)cc1. The molecule has 0 aliphatic rings. The van der Waals surface area contributed by atoms with Crippen molar-refractivity contribution in [1.29, 1.82) is 0 Å². The summed E-state index contributed by atoms with van der Waals surface area (Å²) in [5, 5.41) is 1.79. The molecule has 0 saturated carbocycles. The molecule has 4 nitrogen and oxygen atoms in total. The van der Waals surface area contributed by atoms with E-state index in [0.29, 0.717) is 0 Å². The number of carbonyl (C=O) groups is 1. The molecule has 7 heteroatoms. The molecule has 1 aromatic carbocycles. The second-order valence-corrected chi connectivity index (χ2v) is 8.45. The zero-order valence-corrected chi connectivity index (χ0v) is 14.5. The number of aryl methyl sites for hydroxylation is 1. The van der Waals surface area contributed by atoms with E-state index < -0.39 is 30.7 Å². The molecule has 0 bridgehead atoms. The fourth-order valence-electron chi connectivity index (χ4n) is 1.34. The first-order valence-corrected chi connectivity index (χ1v) is 8.38. The molecule has 0 atom stereocenters. The second-order valence-electron chi connectivity index (χ2n) is 5.61. The summed E-state index contributed by atoms with van der Waals surface area (Å²) in [5.41, 5.74) is 0.132. The average Bonchev–Trinajstić information content (AvgIpc) is 2.34. The van der Waals surface area contributed by atoms with Crippen LogP contribution in [0.25, 0.3) is 0 Å². The van der Waals surface area contributed by atoms with Crippen LogP contribution in [0, 0.1) is 12.3 Å². The maximum absolute atomic E-state index is 12.5. The summed E-state index contributed by atoms with van der Waals surface area (Å²) in [6.45, 7) is 6.80. The number of benzene rings is 1. The van der Waals surface area contributed by atoms with Crippen LogP contribution in [0.5, 0.6) is 0 Å². The van der Waals surface area contributed by atoms with E-state index in [-0.39, 0.29) is 4.90 Å². The number of hydrogen-bond donors (Lipinski definition) is 1. The predicted molar refractivity (Wildman–Crippen MR) is 84.7 cm³/mol. The van der Waals surface area contributed by atoms with E-state index in [4.69, 9.17) is 23.2 Å². The van der Waals surface area contributed by atoms with Gasteiger partial charge in [-0.05, 0) is 19.1 Å². The van der Waals surface area contributed by atoms with Gasteiger partial charge in [0.1, 0.15) is 4.49 Å². The summed E-state index contributed by atoms with van der Waals surface area (Å²) < 4.78 is 24.5. The molecule has 0 aromatic heterocycles.